The second-order valence-electron chi connectivity index (χ2n) is 7.57. The molecule has 4 aromatic rings. The predicted octanol–water partition coefficient (Wildman–Crippen LogP) is 3.07. The summed E-state index contributed by atoms with van der Waals surface area (Å²) >= 11 is 0. The summed E-state index contributed by atoms with van der Waals surface area (Å²) in [5, 5.41) is 11.8. The fourth-order valence-electron chi connectivity index (χ4n) is 3.98. The maximum absolute atomic E-state index is 14.7. The lowest BCUT2D eigenvalue weighted by atomic mass is 10.1. The molecule has 0 radical (unpaired) electrons. The number of H-pyrrole nitrogens is 1. The van der Waals surface area contributed by atoms with E-state index in [-0.39, 0.29) is 11.4 Å². The first-order chi connectivity index (χ1) is 15.6. The highest BCUT2D eigenvalue weighted by molar-refractivity contribution is 5.91. The zero-order valence-corrected chi connectivity index (χ0v) is 17.8. The highest BCUT2D eigenvalue weighted by atomic mass is 19.1. The molecule has 1 fully saturated rings. The summed E-state index contributed by atoms with van der Waals surface area (Å²) < 4.78 is 26.4. The van der Waals surface area contributed by atoms with E-state index >= 15 is 0 Å². The monoisotopic (exact) mass is 435 g/mol. The van der Waals surface area contributed by atoms with Gasteiger partial charge in [0.1, 0.15) is 22.6 Å². The Morgan fingerprint density at radius 3 is 2.59 bits per heavy atom. The SMILES string of the molecule is COc1cccc(F)c1-n1nc2c(-c3ccc(N4CCOCC4)cc3)n[nH]c2c(C)c1=O. The minimum atomic E-state index is -0.599. The molecule has 1 saturated heterocycles. The Morgan fingerprint density at radius 2 is 1.88 bits per heavy atom. The van der Waals surface area contributed by atoms with Crippen LogP contribution in [0.15, 0.2) is 47.3 Å². The Kier molecular flexibility index (Phi) is 5.10. The van der Waals surface area contributed by atoms with Crippen molar-refractivity contribution in [1.82, 2.24) is 20.0 Å². The Labute approximate surface area is 183 Å². The van der Waals surface area contributed by atoms with Crippen molar-refractivity contribution in [1.29, 1.82) is 0 Å². The van der Waals surface area contributed by atoms with Crippen molar-refractivity contribution in [3.8, 4) is 22.7 Å². The van der Waals surface area contributed by atoms with Gasteiger partial charge >= 0.3 is 0 Å². The molecule has 9 heteroatoms. The minimum Gasteiger partial charge on any atom is -0.494 e. The molecule has 2 aromatic carbocycles. The van der Waals surface area contributed by atoms with E-state index < -0.39 is 11.4 Å². The molecule has 8 nitrogen and oxygen atoms in total. The molecule has 0 unspecified atom stereocenters. The van der Waals surface area contributed by atoms with Crippen LogP contribution in [0.1, 0.15) is 5.56 Å². The molecule has 2 aromatic heterocycles. The molecule has 32 heavy (non-hydrogen) atoms. The molecular formula is C23H22FN5O3. The van der Waals surface area contributed by atoms with Crippen LogP contribution >= 0.6 is 0 Å². The van der Waals surface area contributed by atoms with Gasteiger partial charge in [0.05, 0.1) is 25.8 Å². The molecule has 0 aliphatic carbocycles. The molecule has 164 valence electrons. The lowest BCUT2D eigenvalue weighted by Gasteiger charge is -2.28. The van der Waals surface area contributed by atoms with Crippen LogP contribution in [0.4, 0.5) is 10.1 Å². The molecule has 1 N–H and O–H groups in total. The number of nitrogens with zero attached hydrogens (tertiary/aromatic N) is 4. The zero-order valence-electron chi connectivity index (χ0n) is 17.8. The van der Waals surface area contributed by atoms with Gasteiger partial charge in [-0.3, -0.25) is 9.89 Å². The maximum atomic E-state index is 14.7. The van der Waals surface area contributed by atoms with Crippen molar-refractivity contribution in [3.63, 3.8) is 0 Å². The Bertz CT molecular complexity index is 1340. The van der Waals surface area contributed by atoms with Crippen molar-refractivity contribution in [2.45, 2.75) is 6.92 Å². The summed E-state index contributed by atoms with van der Waals surface area (Å²) in [6, 6.07) is 12.4. The van der Waals surface area contributed by atoms with Crippen LogP contribution < -0.4 is 15.2 Å². The number of hydrogen-bond donors (Lipinski definition) is 1. The van der Waals surface area contributed by atoms with E-state index in [2.05, 4.69) is 20.2 Å². The van der Waals surface area contributed by atoms with Crippen LogP contribution in [0.25, 0.3) is 28.0 Å². The van der Waals surface area contributed by atoms with Gasteiger partial charge in [-0.2, -0.15) is 14.9 Å². The summed E-state index contributed by atoms with van der Waals surface area (Å²) in [5.74, 6) is -0.379. The average Bonchev–Trinajstić information content (AvgIpc) is 3.26. The standard InChI is InChI=1S/C23H22FN5O3/c1-14-19-21(27-29(23(14)30)22-17(24)4-3-5-18(22)31-2)20(26-25-19)15-6-8-16(9-7-15)28-10-12-32-13-11-28/h3-9,25H,10-13H2,1-2H3. The van der Waals surface area contributed by atoms with Gasteiger partial charge in [0.25, 0.3) is 5.56 Å². The van der Waals surface area contributed by atoms with Crippen LogP contribution in [0, 0.1) is 12.7 Å². The molecule has 1 aliphatic heterocycles. The fraction of sp³-hybridized carbons (Fsp3) is 0.261. The van der Waals surface area contributed by atoms with Crippen LogP contribution in [-0.2, 0) is 4.74 Å². The first-order valence-corrected chi connectivity index (χ1v) is 10.3. The molecular weight excluding hydrogens is 413 g/mol. The van der Waals surface area contributed by atoms with E-state index in [4.69, 9.17) is 9.47 Å². The van der Waals surface area contributed by atoms with Gasteiger partial charge in [0.15, 0.2) is 5.82 Å². The third-order valence-electron chi connectivity index (χ3n) is 5.73. The van der Waals surface area contributed by atoms with Crippen molar-refractivity contribution in [2.75, 3.05) is 38.3 Å². The highest BCUT2D eigenvalue weighted by Crippen LogP contribution is 2.29. The second-order valence-corrected chi connectivity index (χ2v) is 7.57. The third kappa shape index (κ3) is 3.31. The van der Waals surface area contributed by atoms with E-state index in [9.17, 15) is 9.18 Å². The fourth-order valence-corrected chi connectivity index (χ4v) is 3.98. The number of fused-ring (bicyclic) bond motifs is 1. The van der Waals surface area contributed by atoms with Crippen LogP contribution in [0.5, 0.6) is 5.75 Å². The largest absolute Gasteiger partial charge is 0.494 e. The number of rotatable bonds is 4. The Morgan fingerprint density at radius 1 is 1.12 bits per heavy atom. The number of halogens is 1. The molecule has 0 atom stereocenters. The van der Waals surface area contributed by atoms with Gasteiger partial charge in [-0.1, -0.05) is 18.2 Å². The lowest BCUT2D eigenvalue weighted by molar-refractivity contribution is 0.122. The topological polar surface area (TPSA) is 85.3 Å². The molecule has 0 bridgehead atoms. The number of anilines is 1. The lowest BCUT2D eigenvalue weighted by Crippen LogP contribution is -2.36. The molecule has 0 spiro atoms. The molecule has 0 amide bonds. The number of methoxy groups -OCH3 is 1. The molecule has 0 saturated carbocycles. The Hall–Kier alpha value is -3.72. The number of ether oxygens (including phenoxy) is 2. The van der Waals surface area contributed by atoms with Gasteiger partial charge in [-0.05, 0) is 31.2 Å². The summed E-state index contributed by atoms with van der Waals surface area (Å²) in [6.45, 7) is 4.79. The van der Waals surface area contributed by atoms with Gasteiger partial charge in [-0.25, -0.2) is 4.39 Å². The smallest absolute Gasteiger partial charge is 0.276 e. The van der Waals surface area contributed by atoms with Gasteiger partial charge in [-0.15, -0.1) is 0 Å². The third-order valence-corrected chi connectivity index (χ3v) is 5.73. The van der Waals surface area contributed by atoms with Gasteiger partial charge in [0.2, 0.25) is 0 Å². The van der Waals surface area contributed by atoms with Crippen molar-refractivity contribution >= 4 is 16.7 Å². The molecule has 5 rings (SSSR count). The first kappa shape index (κ1) is 20.2. The van der Waals surface area contributed by atoms with E-state index in [1.165, 1.54) is 19.2 Å². The molecule has 3 heterocycles. The normalized spacial score (nSPS) is 14.2. The number of aryl methyl sites for hydroxylation is 1. The zero-order chi connectivity index (χ0) is 22.2. The van der Waals surface area contributed by atoms with Crippen LogP contribution in [-0.4, -0.2) is 53.4 Å². The summed E-state index contributed by atoms with van der Waals surface area (Å²) in [4.78, 5) is 15.2. The van der Waals surface area contributed by atoms with Crippen LogP contribution in [0.2, 0.25) is 0 Å². The average molecular weight is 435 g/mol. The summed E-state index contributed by atoms with van der Waals surface area (Å²) in [7, 11) is 1.42. The number of nitrogens with one attached hydrogen (secondary N) is 1. The van der Waals surface area contributed by atoms with Gasteiger partial charge < -0.3 is 14.4 Å². The van der Waals surface area contributed by atoms with Crippen molar-refractivity contribution < 1.29 is 13.9 Å². The predicted molar refractivity (Wildman–Crippen MR) is 119 cm³/mol. The van der Waals surface area contributed by atoms with E-state index in [1.807, 2.05) is 24.3 Å². The number of morpholine rings is 1. The Balaban J connectivity index is 1.63. The van der Waals surface area contributed by atoms with Gasteiger partial charge in [0, 0.05) is 29.9 Å². The number of aromatic nitrogens is 4. The quantitative estimate of drug-likeness (QED) is 0.530. The minimum absolute atomic E-state index is 0.0279. The summed E-state index contributed by atoms with van der Waals surface area (Å²) in [5.41, 5.74) is 3.45. The van der Waals surface area contributed by atoms with Crippen LogP contribution in [0.3, 0.4) is 0 Å². The second kappa shape index (κ2) is 8.08. The maximum Gasteiger partial charge on any atom is 0.276 e. The van der Waals surface area contributed by atoms with E-state index in [1.54, 1.807) is 13.0 Å². The summed E-state index contributed by atoms with van der Waals surface area (Å²) in [6.07, 6.45) is 0. The molecule has 1 aliphatic rings. The number of aromatic amines is 1. The highest BCUT2D eigenvalue weighted by Gasteiger charge is 2.21. The number of hydrogen-bond acceptors (Lipinski definition) is 6. The number of benzene rings is 2. The van der Waals surface area contributed by atoms with E-state index in [0.29, 0.717) is 35.5 Å². The van der Waals surface area contributed by atoms with E-state index in [0.717, 1.165) is 29.0 Å². The van der Waals surface area contributed by atoms with Crippen molar-refractivity contribution in [3.05, 3.63) is 64.2 Å². The van der Waals surface area contributed by atoms with Crippen molar-refractivity contribution in [2.24, 2.45) is 0 Å². The number of para-hydroxylation sites is 1. The first-order valence-electron chi connectivity index (χ1n) is 10.3.